The highest BCUT2D eigenvalue weighted by atomic mass is 32.2. The van der Waals surface area contributed by atoms with Crippen molar-refractivity contribution >= 4 is 39.1 Å². The number of halogens is 2. The van der Waals surface area contributed by atoms with Crippen LogP contribution in [0.1, 0.15) is 0 Å². The summed E-state index contributed by atoms with van der Waals surface area (Å²) in [5.74, 6) is -2.90. The number of thioether (sulfide) groups is 1. The number of benzene rings is 2. The summed E-state index contributed by atoms with van der Waals surface area (Å²) >= 11 is 1.49. The Labute approximate surface area is 149 Å². The summed E-state index contributed by atoms with van der Waals surface area (Å²) in [4.78, 5) is 13.1. The number of sulfonamides is 1. The number of rotatable bonds is 6. The second kappa shape index (κ2) is 7.83. The van der Waals surface area contributed by atoms with Crippen molar-refractivity contribution in [2.75, 3.05) is 28.7 Å². The third-order valence-corrected chi connectivity index (χ3v) is 5.10. The standard InChI is InChI=1S/C16H16F2N2O3S2/c1-24-13-5-3-4-11(8-13)19-16(21)10-20(25(2,22)23)12-6-7-14(17)15(18)9-12/h3-9H,10H2,1-2H3,(H,19,21). The highest BCUT2D eigenvalue weighted by Gasteiger charge is 2.22. The number of amides is 1. The summed E-state index contributed by atoms with van der Waals surface area (Å²) in [6.07, 6.45) is 2.77. The second-order valence-electron chi connectivity index (χ2n) is 5.15. The van der Waals surface area contributed by atoms with Crippen LogP contribution in [0, 0.1) is 11.6 Å². The number of nitrogens with one attached hydrogen (secondary N) is 1. The molecule has 2 rings (SSSR count). The molecule has 0 saturated heterocycles. The van der Waals surface area contributed by atoms with Crippen molar-refractivity contribution < 1.29 is 22.0 Å². The zero-order valence-electron chi connectivity index (χ0n) is 13.5. The molecule has 0 saturated carbocycles. The average Bonchev–Trinajstić information content (AvgIpc) is 2.54. The molecule has 0 aliphatic rings. The van der Waals surface area contributed by atoms with Gasteiger partial charge in [0, 0.05) is 16.6 Å². The fourth-order valence-electron chi connectivity index (χ4n) is 2.07. The minimum atomic E-state index is -3.87. The second-order valence-corrected chi connectivity index (χ2v) is 7.93. The van der Waals surface area contributed by atoms with Crippen molar-refractivity contribution in [3.63, 3.8) is 0 Å². The average molecular weight is 386 g/mol. The SMILES string of the molecule is CSc1cccc(NC(=O)CN(c2ccc(F)c(F)c2)S(C)(=O)=O)c1. The summed E-state index contributed by atoms with van der Waals surface area (Å²) < 4.78 is 51.0. The Bertz CT molecular complexity index is 889. The molecule has 0 spiro atoms. The van der Waals surface area contributed by atoms with Crippen LogP contribution >= 0.6 is 11.8 Å². The first kappa shape index (κ1) is 19.2. The first-order valence-electron chi connectivity index (χ1n) is 7.07. The largest absolute Gasteiger partial charge is 0.324 e. The highest BCUT2D eigenvalue weighted by molar-refractivity contribution is 7.98. The molecular weight excluding hydrogens is 370 g/mol. The van der Waals surface area contributed by atoms with Gasteiger partial charge in [-0.3, -0.25) is 9.10 Å². The molecule has 5 nitrogen and oxygen atoms in total. The molecule has 25 heavy (non-hydrogen) atoms. The van der Waals surface area contributed by atoms with Gasteiger partial charge in [-0.25, -0.2) is 17.2 Å². The van der Waals surface area contributed by atoms with Crippen LogP contribution in [-0.2, 0) is 14.8 Å². The van der Waals surface area contributed by atoms with Crippen molar-refractivity contribution in [1.29, 1.82) is 0 Å². The van der Waals surface area contributed by atoms with Crippen LogP contribution in [0.15, 0.2) is 47.4 Å². The number of nitrogens with zero attached hydrogens (tertiary/aromatic N) is 1. The minimum absolute atomic E-state index is 0.130. The molecular formula is C16H16F2N2O3S2. The molecule has 0 aliphatic heterocycles. The van der Waals surface area contributed by atoms with Crippen LogP contribution in [0.25, 0.3) is 0 Å². The van der Waals surface area contributed by atoms with Crippen LogP contribution in [0.4, 0.5) is 20.2 Å². The monoisotopic (exact) mass is 386 g/mol. The minimum Gasteiger partial charge on any atom is -0.324 e. The molecule has 2 aromatic rings. The van der Waals surface area contributed by atoms with Gasteiger partial charge in [-0.05, 0) is 36.6 Å². The topological polar surface area (TPSA) is 66.5 Å². The van der Waals surface area contributed by atoms with Crippen LogP contribution in [0.5, 0.6) is 0 Å². The maximum atomic E-state index is 13.4. The van der Waals surface area contributed by atoms with Crippen molar-refractivity contribution in [2.24, 2.45) is 0 Å². The third kappa shape index (κ3) is 5.17. The molecule has 0 fully saturated rings. The van der Waals surface area contributed by atoms with E-state index in [2.05, 4.69) is 5.32 Å². The highest BCUT2D eigenvalue weighted by Crippen LogP contribution is 2.22. The van der Waals surface area contributed by atoms with E-state index in [0.717, 1.165) is 29.4 Å². The summed E-state index contributed by atoms with van der Waals surface area (Å²) in [7, 11) is -3.87. The third-order valence-electron chi connectivity index (χ3n) is 3.23. The lowest BCUT2D eigenvalue weighted by Gasteiger charge is -2.22. The van der Waals surface area contributed by atoms with E-state index in [0.29, 0.717) is 9.99 Å². The maximum absolute atomic E-state index is 13.4. The van der Waals surface area contributed by atoms with E-state index in [-0.39, 0.29) is 5.69 Å². The van der Waals surface area contributed by atoms with Gasteiger partial charge in [-0.1, -0.05) is 6.07 Å². The summed E-state index contributed by atoms with van der Waals surface area (Å²) in [5, 5.41) is 2.59. The molecule has 1 amide bonds. The van der Waals surface area contributed by atoms with E-state index in [1.54, 1.807) is 18.2 Å². The molecule has 0 atom stereocenters. The molecule has 0 bridgehead atoms. The van der Waals surface area contributed by atoms with E-state index in [1.807, 2.05) is 12.3 Å². The first-order chi connectivity index (χ1) is 11.7. The molecule has 0 heterocycles. The molecule has 9 heteroatoms. The lowest BCUT2D eigenvalue weighted by molar-refractivity contribution is -0.114. The Morgan fingerprint density at radius 2 is 1.88 bits per heavy atom. The van der Waals surface area contributed by atoms with Gasteiger partial charge in [0.05, 0.1) is 11.9 Å². The van der Waals surface area contributed by atoms with Crippen LogP contribution < -0.4 is 9.62 Å². The molecule has 134 valence electrons. The zero-order valence-corrected chi connectivity index (χ0v) is 15.1. The molecule has 0 aromatic heterocycles. The summed E-state index contributed by atoms with van der Waals surface area (Å²) in [6, 6.07) is 9.67. The maximum Gasteiger partial charge on any atom is 0.245 e. The van der Waals surface area contributed by atoms with E-state index in [4.69, 9.17) is 0 Å². The van der Waals surface area contributed by atoms with Gasteiger partial charge in [0.15, 0.2) is 11.6 Å². The Hall–Kier alpha value is -2.13. The quantitative estimate of drug-likeness (QED) is 0.775. The summed E-state index contributed by atoms with van der Waals surface area (Å²) in [5.41, 5.74) is 0.380. The van der Waals surface area contributed by atoms with Gasteiger partial charge in [-0.2, -0.15) is 0 Å². The Balaban J connectivity index is 2.22. The predicted molar refractivity (Wildman–Crippen MR) is 95.4 cm³/mol. The lowest BCUT2D eigenvalue weighted by atomic mass is 10.3. The number of carbonyl (C=O) groups is 1. The van der Waals surface area contributed by atoms with Gasteiger partial charge in [-0.15, -0.1) is 11.8 Å². The van der Waals surface area contributed by atoms with E-state index < -0.39 is 34.1 Å². The predicted octanol–water partition coefficient (Wildman–Crippen LogP) is 3.09. The fourth-order valence-corrected chi connectivity index (χ4v) is 3.38. The van der Waals surface area contributed by atoms with Crippen molar-refractivity contribution in [3.05, 3.63) is 54.1 Å². The number of hydrogen-bond acceptors (Lipinski definition) is 4. The number of hydrogen-bond donors (Lipinski definition) is 1. The van der Waals surface area contributed by atoms with Crippen LogP contribution in [-0.4, -0.2) is 33.4 Å². The normalized spacial score (nSPS) is 11.2. The number of carbonyl (C=O) groups excluding carboxylic acids is 1. The Morgan fingerprint density at radius 3 is 2.48 bits per heavy atom. The number of anilines is 2. The van der Waals surface area contributed by atoms with Crippen molar-refractivity contribution in [3.8, 4) is 0 Å². The lowest BCUT2D eigenvalue weighted by Crippen LogP contribution is -2.37. The van der Waals surface area contributed by atoms with Gasteiger partial charge < -0.3 is 5.32 Å². The van der Waals surface area contributed by atoms with Crippen molar-refractivity contribution in [1.82, 2.24) is 0 Å². The summed E-state index contributed by atoms with van der Waals surface area (Å²) in [6.45, 7) is -0.562. The fraction of sp³-hybridized carbons (Fsp3) is 0.188. The molecule has 2 aromatic carbocycles. The molecule has 0 radical (unpaired) electrons. The molecule has 1 N–H and O–H groups in total. The van der Waals surface area contributed by atoms with E-state index in [9.17, 15) is 22.0 Å². The first-order valence-corrected chi connectivity index (χ1v) is 10.1. The Morgan fingerprint density at radius 1 is 1.16 bits per heavy atom. The molecule has 0 unspecified atom stereocenters. The molecule has 0 aliphatic carbocycles. The van der Waals surface area contributed by atoms with E-state index >= 15 is 0 Å². The van der Waals surface area contributed by atoms with Gasteiger partial charge in [0.1, 0.15) is 6.54 Å². The van der Waals surface area contributed by atoms with Gasteiger partial charge in [0.25, 0.3) is 0 Å². The van der Waals surface area contributed by atoms with Crippen LogP contribution in [0.3, 0.4) is 0 Å². The van der Waals surface area contributed by atoms with E-state index in [1.165, 1.54) is 11.8 Å². The van der Waals surface area contributed by atoms with Crippen LogP contribution in [0.2, 0.25) is 0 Å². The zero-order chi connectivity index (χ0) is 18.6. The smallest absolute Gasteiger partial charge is 0.245 e. The van der Waals surface area contributed by atoms with Gasteiger partial charge >= 0.3 is 0 Å². The Kier molecular flexibility index (Phi) is 6.02. The van der Waals surface area contributed by atoms with Gasteiger partial charge in [0.2, 0.25) is 15.9 Å². The van der Waals surface area contributed by atoms with Crippen molar-refractivity contribution in [2.45, 2.75) is 4.90 Å².